The molecule has 0 aromatic heterocycles. The summed E-state index contributed by atoms with van der Waals surface area (Å²) >= 11 is 0. The average Bonchev–Trinajstić information content (AvgIpc) is 2.84. The second-order valence-electron chi connectivity index (χ2n) is 5.39. The van der Waals surface area contributed by atoms with Crippen molar-refractivity contribution in [3.05, 3.63) is 23.8 Å². The van der Waals surface area contributed by atoms with Crippen LogP contribution in [0.15, 0.2) is 23.2 Å². The first-order chi connectivity index (χ1) is 9.92. The van der Waals surface area contributed by atoms with E-state index in [1.165, 1.54) is 5.56 Å². The fraction of sp³-hybridized carbons (Fsp3) is 0.533. The van der Waals surface area contributed by atoms with E-state index in [1.54, 1.807) is 0 Å². The number of benzene rings is 1. The fourth-order valence-corrected chi connectivity index (χ4v) is 3.13. The van der Waals surface area contributed by atoms with E-state index in [0.29, 0.717) is 6.04 Å². The summed E-state index contributed by atoms with van der Waals surface area (Å²) in [6, 6.07) is 6.76. The van der Waals surface area contributed by atoms with E-state index in [9.17, 15) is 0 Å². The van der Waals surface area contributed by atoms with E-state index in [4.69, 9.17) is 9.47 Å². The molecule has 106 valence electrons. The van der Waals surface area contributed by atoms with Crippen molar-refractivity contribution in [1.82, 2.24) is 10.2 Å². The summed E-state index contributed by atoms with van der Waals surface area (Å²) in [5, 5.41) is 3.35. The van der Waals surface area contributed by atoms with Crippen molar-refractivity contribution in [1.29, 1.82) is 0 Å². The largest absolute Gasteiger partial charge is 0.490 e. The molecule has 1 aromatic carbocycles. The molecule has 0 radical (unpaired) electrons. The minimum Gasteiger partial charge on any atom is -0.490 e. The highest BCUT2D eigenvalue weighted by atomic mass is 16.5. The molecule has 5 nitrogen and oxygen atoms in total. The van der Waals surface area contributed by atoms with Gasteiger partial charge in [-0.3, -0.25) is 4.99 Å². The van der Waals surface area contributed by atoms with Crippen molar-refractivity contribution in [2.45, 2.75) is 18.9 Å². The van der Waals surface area contributed by atoms with Crippen LogP contribution in [0.2, 0.25) is 0 Å². The van der Waals surface area contributed by atoms with Gasteiger partial charge in [0, 0.05) is 26.1 Å². The van der Waals surface area contributed by atoms with E-state index in [1.807, 2.05) is 6.07 Å². The molecule has 1 atom stereocenters. The first kappa shape index (κ1) is 11.9. The number of nitrogens with zero attached hydrogens (tertiary/aromatic N) is 2. The third-order valence-corrected chi connectivity index (χ3v) is 4.10. The molecule has 0 aliphatic carbocycles. The molecule has 0 amide bonds. The average molecular weight is 273 g/mol. The minimum atomic E-state index is 0.398. The Morgan fingerprint density at radius 3 is 3.05 bits per heavy atom. The number of aliphatic imine (C=N–C) groups is 1. The molecule has 1 saturated heterocycles. The fourth-order valence-electron chi connectivity index (χ4n) is 3.13. The van der Waals surface area contributed by atoms with Crippen LogP contribution in [0.4, 0.5) is 0 Å². The van der Waals surface area contributed by atoms with Crippen molar-refractivity contribution < 1.29 is 9.47 Å². The van der Waals surface area contributed by atoms with E-state index < -0.39 is 0 Å². The van der Waals surface area contributed by atoms with Gasteiger partial charge >= 0.3 is 0 Å². The van der Waals surface area contributed by atoms with Crippen molar-refractivity contribution >= 4 is 5.96 Å². The van der Waals surface area contributed by atoms with E-state index in [0.717, 1.165) is 63.1 Å². The van der Waals surface area contributed by atoms with Crippen molar-refractivity contribution in [3.63, 3.8) is 0 Å². The number of hydrogen-bond acceptors (Lipinski definition) is 5. The second-order valence-corrected chi connectivity index (χ2v) is 5.39. The summed E-state index contributed by atoms with van der Waals surface area (Å²) in [5.41, 5.74) is 1.30. The maximum atomic E-state index is 5.80. The summed E-state index contributed by atoms with van der Waals surface area (Å²) in [6.07, 6.45) is 2.01. The van der Waals surface area contributed by atoms with E-state index in [-0.39, 0.29) is 0 Å². The quantitative estimate of drug-likeness (QED) is 0.843. The van der Waals surface area contributed by atoms with Crippen LogP contribution in [0.3, 0.4) is 0 Å². The van der Waals surface area contributed by atoms with Gasteiger partial charge in [-0.2, -0.15) is 0 Å². The van der Waals surface area contributed by atoms with Crippen molar-refractivity contribution in [3.8, 4) is 11.5 Å². The highest BCUT2D eigenvalue weighted by Gasteiger charge is 2.30. The molecule has 4 rings (SSSR count). The summed E-state index contributed by atoms with van der Waals surface area (Å²) < 4.78 is 11.5. The van der Waals surface area contributed by atoms with Crippen LogP contribution in [0.1, 0.15) is 24.4 Å². The zero-order valence-electron chi connectivity index (χ0n) is 11.5. The predicted octanol–water partition coefficient (Wildman–Crippen LogP) is 1.55. The Kier molecular flexibility index (Phi) is 2.90. The molecule has 1 fully saturated rings. The Morgan fingerprint density at radius 1 is 1.20 bits per heavy atom. The summed E-state index contributed by atoms with van der Waals surface area (Å²) in [4.78, 5) is 6.91. The molecule has 1 unspecified atom stereocenters. The second kappa shape index (κ2) is 4.89. The molecule has 0 bridgehead atoms. The van der Waals surface area contributed by atoms with Gasteiger partial charge in [-0.25, -0.2) is 0 Å². The van der Waals surface area contributed by atoms with Gasteiger partial charge in [-0.05, 0) is 24.1 Å². The van der Waals surface area contributed by atoms with E-state index >= 15 is 0 Å². The lowest BCUT2D eigenvalue weighted by Crippen LogP contribution is -2.37. The molecular weight excluding hydrogens is 254 g/mol. The molecule has 1 aromatic rings. The minimum absolute atomic E-state index is 0.398. The first-order valence-electron chi connectivity index (χ1n) is 7.36. The maximum absolute atomic E-state index is 5.80. The Bertz CT molecular complexity index is 544. The number of fused-ring (bicyclic) bond motifs is 2. The standard InChI is InChI=1S/C15H19N3O2/c1-8-19-13-3-2-11(10-14(13)20-9-1)12-4-5-16-15-17-6-7-18(12)15/h2-3,10,12H,1,4-9H2,(H,16,17). The predicted molar refractivity (Wildman–Crippen MR) is 76.4 cm³/mol. The molecule has 0 spiro atoms. The van der Waals surface area contributed by atoms with Crippen LogP contribution in [-0.2, 0) is 0 Å². The zero-order chi connectivity index (χ0) is 13.4. The molecule has 5 heteroatoms. The van der Waals surface area contributed by atoms with Crippen molar-refractivity contribution in [2.24, 2.45) is 4.99 Å². The van der Waals surface area contributed by atoms with Crippen LogP contribution in [-0.4, -0.2) is 43.7 Å². The molecule has 1 N–H and O–H groups in total. The third kappa shape index (κ3) is 1.97. The summed E-state index contributed by atoms with van der Waals surface area (Å²) in [5.74, 6) is 2.81. The first-order valence-corrected chi connectivity index (χ1v) is 7.36. The van der Waals surface area contributed by atoms with Gasteiger partial charge in [0.2, 0.25) is 0 Å². The Morgan fingerprint density at radius 2 is 2.10 bits per heavy atom. The summed E-state index contributed by atoms with van der Waals surface area (Å²) in [7, 11) is 0. The number of ether oxygens (including phenoxy) is 2. The highest BCUT2D eigenvalue weighted by molar-refractivity contribution is 5.83. The third-order valence-electron chi connectivity index (χ3n) is 4.10. The molecule has 0 saturated carbocycles. The number of nitrogens with one attached hydrogen (secondary N) is 1. The molecule has 3 aliphatic heterocycles. The lowest BCUT2D eigenvalue weighted by atomic mass is 10.0. The van der Waals surface area contributed by atoms with Gasteiger partial charge in [-0.1, -0.05) is 6.07 Å². The Labute approximate surface area is 118 Å². The number of guanidine groups is 1. The van der Waals surface area contributed by atoms with Crippen molar-refractivity contribution in [2.75, 3.05) is 32.8 Å². The van der Waals surface area contributed by atoms with Crippen LogP contribution < -0.4 is 14.8 Å². The lowest BCUT2D eigenvalue weighted by Gasteiger charge is -2.32. The monoisotopic (exact) mass is 273 g/mol. The van der Waals surface area contributed by atoms with Crippen LogP contribution in [0, 0.1) is 0 Å². The highest BCUT2D eigenvalue weighted by Crippen LogP contribution is 2.36. The van der Waals surface area contributed by atoms with Gasteiger partial charge in [0.1, 0.15) is 0 Å². The summed E-state index contributed by atoms with van der Waals surface area (Å²) in [6.45, 7) is 4.37. The topological polar surface area (TPSA) is 46.1 Å². The van der Waals surface area contributed by atoms with Gasteiger partial charge in [0.05, 0.1) is 19.3 Å². The number of rotatable bonds is 1. The molecular formula is C15H19N3O2. The maximum Gasteiger partial charge on any atom is 0.194 e. The van der Waals surface area contributed by atoms with Gasteiger partial charge < -0.3 is 19.7 Å². The van der Waals surface area contributed by atoms with Crippen LogP contribution in [0.25, 0.3) is 0 Å². The van der Waals surface area contributed by atoms with Gasteiger partial charge in [0.15, 0.2) is 17.5 Å². The molecule has 20 heavy (non-hydrogen) atoms. The SMILES string of the molecule is c1cc2c(cc1C1CCN=C3NCCN31)OCCCO2. The Balaban J connectivity index is 1.65. The molecule has 3 heterocycles. The van der Waals surface area contributed by atoms with Gasteiger partial charge in [-0.15, -0.1) is 0 Å². The normalized spacial score (nSPS) is 24.5. The smallest absolute Gasteiger partial charge is 0.194 e. The van der Waals surface area contributed by atoms with Crippen LogP contribution in [0.5, 0.6) is 11.5 Å². The number of hydrogen-bond donors (Lipinski definition) is 1. The lowest BCUT2D eigenvalue weighted by molar-refractivity contribution is 0.296. The van der Waals surface area contributed by atoms with Gasteiger partial charge in [0.25, 0.3) is 0 Å². The van der Waals surface area contributed by atoms with Crippen LogP contribution >= 0.6 is 0 Å². The zero-order valence-corrected chi connectivity index (χ0v) is 11.5. The molecule has 3 aliphatic rings. The Hall–Kier alpha value is -1.91. The van der Waals surface area contributed by atoms with E-state index in [2.05, 4.69) is 27.3 Å².